The molecule has 1 aliphatic rings. The molecule has 0 bridgehead atoms. The van der Waals surface area contributed by atoms with Gasteiger partial charge in [0, 0.05) is 28.7 Å². The molecule has 3 rings (SSSR count). The predicted molar refractivity (Wildman–Crippen MR) is 128 cm³/mol. The van der Waals surface area contributed by atoms with Crippen LogP contribution in [0.25, 0.3) is 0 Å². The first kappa shape index (κ1) is 25.5. The van der Waals surface area contributed by atoms with Gasteiger partial charge >= 0.3 is 0 Å². The smallest absolute Gasteiger partial charge is 0.229 e. The third-order valence-corrected chi connectivity index (χ3v) is 6.57. The van der Waals surface area contributed by atoms with Crippen LogP contribution in [-0.4, -0.2) is 33.2 Å². The Hall–Kier alpha value is -1.80. The van der Waals surface area contributed by atoms with Crippen molar-refractivity contribution in [2.24, 2.45) is 5.73 Å². The zero-order valence-electron chi connectivity index (χ0n) is 17.4. The van der Waals surface area contributed by atoms with Crippen LogP contribution in [0.5, 0.6) is 0 Å². The summed E-state index contributed by atoms with van der Waals surface area (Å²) in [4.78, 5) is 12.5. The van der Waals surface area contributed by atoms with Crippen molar-refractivity contribution in [2.75, 3.05) is 17.5 Å². The van der Waals surface area contributed by atoms with Crippen LogP contribution in [-0.2, 0) is 26.7 Å². The third-order valence-electron chi connectivity index (χ3n) is 5.73. The number of rotatable bonds is 7. The Labute approximate surface area is 195 Å². The molecule has 31 heavy (non-hydrogen) atoms. The maximum Gasteiger partial charge on any atom is 0.229 e. The quantitative estimate of drug-likeness (QED) is 0.556. The second-order valence-electron chi connectivity index (χ2n) is 8.09. The Morgan fingerprint density at radius 2 is 1.84 bits per heavy atom. The number of nitrogens with two attached hydrogens (primary N) is 1. The molecule has 1 aliphatic carbocycles. The first-order chi connectivity index (χ1) is 14.2. The number of hydrogen-bond acceptors (Lipinski definition) is 4. The zero-order valence-corrected chi connectivity index (χ0v) is 19.8. The lowest BCUT2D eigenvalue weighted by molar-refractivity contribution is -0.121. The van der Waals surface area contributed by atoms with Crippen molar-refractivity contribution in [3.05, 3.63) is 64.7 Å². The molecule has 1 fully saturated rings. The first-order valence-electron chi connectivity index (χ1n) is 10.0. The molecule has 2 aromatic carbocycles. The van der Waals surface area contributed by atoms with Crippen molar-refractivity contribution in [1.29, 1.82) is 0 Å². The van der Waals surface area contributed by atoms with Crippen LogP contribution in [0.4, 0.5) is 5.69 Å². The zero-order chi connectivity index (χ0) is 21.8. The first-order valence-corrected chi connectivity index (χ1v) is 12.3. The number of nitrogens with one attached hydrogen (secondary N) is 2. The van der Waals surface area contributed by atoms with Gasteiger partial charge in [-0.15, -0.1) is 12.4 Å². The molecule has 0 spiro atoms. The van der Waals surface area contributed by atoms with E-state index in [1.54, 1.807) is 18.2 Å². The number of carbonyl (C=O) groups is 1. The summed E-state index contributed by atoms with van der Waals surface area (Å²) in [5, 5.41) is 3.83. The van der Waals surface area contributed by atoms with E-state index in [1.807, 2.05) is 24.3 Å². The third kappa shape index (κ3) is 7.10. The van der Waals surface area contributed by atoms with Gasteiger partial charge in [0.15, 0.2) is 0 Å². The highest BCUT2D eigenvalue weighted by molar-refractivity contribution is 7.92. The molecule has 0 radical (unpaired) electrons. The van der Waals surface area contributed by atoms with E-state index in [1.165, 1.54) is 0 Å². The van der Waals surface area contributed by atoms with E-state index in [9.17, 15) is 13.2 Å². The van der Waals surface area contributed by atoms with E-state index in [-0.39, 0.29) is 36.2 Å². The highest BCUT2D eigenvalue weighted by atomic mass is 35.5. The molecule has 2 aromatic rings. The Morgan fingerprint density at radius 1 is 1.16 bits per heavy atom. The lowest BCUT2D eigenvalue weighted by Gasteiger charge is -2.40. The van der Waals surface area contributed by atoms with Gasteiger partial charge in [0.25, 0.3) is 0 Å². The van der Waals surface area contributed by atoms with E-state index < -0.39 is 10.0 Å². The summed E-state index contributed by atoms with van der Waals surface area (Å²) in [5.74, 6) is -0.0699. The van der Waals surface area contributed by atoms with Gasteiger partial charge in [0.1, 0.15) is 0 Å². The standard InChI is InChI=1S/C22H28ClN3O3S.ClH/c1-30(28,29)26-20-7-2-4-16(12-20)13-21(27)25-19-8-10-22(15-24,11-9-19)17-5-3-6-18(23)14-17;/h2-7,12,14,19,26H,8-11,13,15,24H2,1H3,(H,25,27);1H. The maximum absolute atomic E-state index is 12.5. The van der Waals surface area contributed by atoms with Gasteiger partial charge in [-0.2, -0.15) is 0 Å². The number of carbonyl (C=O) groups excluding carboxylic acids is 1. The van der Waals surface area contributed by atoms with E-state index >= 15 is 0 Å². The molecule has 0 aliphatic heterocycles. The number of benzene rings is 2. The van der Waals surface area contributed by atoms with Crippen LogP contribution in [0.15, 0.2) is 48.5 Å². The fourth-order valence-electron chi connectivity index (χ4n) is 4.17. The molecule has 4 N–H and O–H groups in total. The summed E-state index contributed by atoms with van der Waals surface area (Å²) in [7, 11) is -3.35. The molecule has 0 atom stereocenters. The second kappa shape index (κ2) is 10.7. The molecule has 0 heterocycles. The van der Waals surface area contributed by atoms with Crippen molar-refractivity contribution in [3.63, 3.8) is 0 Å². The largest absolute Gasteiger partial charge is 0.353 e. The van der Waals surface area contributed by atoms with Crippen molar-refractivity contribution >= 4 is 45.6 Å². The lowest BCUT2D eigenvalue weighted by Crippen LogP contribution is -2.45. The lowest BCUT2D eigenvalue weighted by atomic mass is 9.68. The normalized spacial score (nSPS) is 21.1. The highest BCUT2D eigenvalue weighted by Gasteiger charge is 2.36. The monoisotopic (exact) mass is 485 g/mol. The van der Waals surface area contributed by atoms with E-state index in [2.05, 4.69) is 16.1 Å². The van der Waals surface area contributed by atoms with Gasteiger partial charge in [-0.3, -0.25) is 9.52 Å². The highest BCUT2D eigenvalue weighted by Crippen LogP contribution is 2.39. The molecule has 0 saturated heterocycles. The molecule has 9 heteroatoms. The Balaban J connectivity index is 0.00000341. The van der Waals surface area contributed by atoms with Crippen LogP contribution >= 0.6 is 24.0 Å². The summed E-state index contributed by atoms with van der Waals surface area (Å²) in [6.45, 7) is 0.550. The van der Waals surface area contributed by atoms with E-state index in [4.69, 9.17) is 17.3 Å². The second-order valence-corrected chi connectivity index (χ2v) is 10.3. The fourth-order valence-corrected chi connectivity index (χ4v) is 4.91. The minimum atomic E-state index is -3.35. The number of amides is 1. The Kier molecular flexibility index (Phi) is 8.77. The van der Waals surface area contributed by atoms with Gasteiger partial charge in [0.2, 0.25) is 15.9 Å². The van der Waals surface area contributed by atoms with Crippen LogP contribution < -0.4 is 15.8 Å². The van der Waals surface area contributed by atoms with Crippen molar-refractivity contribution in [2.45, 2.75) is 43.6 Å². The number of halogens is 2. The number of hydrogen-bond donors (Lipinski definition) is 3. The summed E-state index contributed by atoms with van der Waals surface area (Å²) in [5.41, 5.74) is 8.42. The average molecular weight is 486 g/mol. The summed E-state index contributed by atoms with van der Waals surface area (Å²) >= 11 is 6.17. The van der Waals surface area contributed by atoms with E-state index in [0.717, 1.165) is 43.1 Å². The molecule has 1 saturated carbocycles. The number of anilines is 1. The fraction of sp³-hybridized carbons (Fsp3) is 0.409. The van der Waals surface area contributed by atoms with Gasteiger partial charge in [0.05, 0.1) is 12.7 Å². The summed E-state index contributed by atoms with van der Waals surface area (Å²) < 4.78 is 25.2. The Morgan fingerprint density at radius 3 is 2.45 bits per heavy atom. The van der Waals surface area contributed by atoms with Gasteiger partial charge in [-0.05, 0) is 61.1 Å². The van der Waals surface area contributed by atoms with Gasteiger partial charge < -0.3 is 11.1 Å². The SMILES string of the molecule is CS(=O)(=O)Nc1cccc(CC(=O)NC2CCC(CN)(c3cccc(Cl)c3)CC2)c1.Cl. The van der Waals surface area contributed by atoms with Crippen LogP contribution in [0.3, 0.4) is 0 Å². The van der Waals surface area contributed by atoms with E-state index in [0.29, 0.717) is 17.3 Å². The van der Waals surface area contributed by atoms with Crippen LogP contribution in [0.2, 0.25) is 5.02 Å². The molecule has 0 unspecified atom stereocenters. The van der Waals surface area contributed by atoms with Gasteiger partial charge in [-0.25, -0.2) is 8.42 Å². The molecule has 170 valence electrons. The molecule has 0 aromatic heterocycles. The molecular formula is C22H29Cl2N3O3S. The van der Waals surface area contributed by atoms with Crippen LogP contribution in [0, 0.1) is 0 Å². The molecular weight excluding hydrogens is 457 g/mol. The van der Waals surface area contributed by atoms with Crippen molar-refractivity contribution in [3.8, 4) is 0 Å². The van der Waals surface area contributed by atoms with Gasteiger partial charge in [-0.1, -0.05) is 35.9 Å². The average Bonchev–Trinajstić information content (AvgIpc) is 2.67. The predicted octanol–water partition coefficient (Wildman–Crippen LogP) is 3.63. The molecule has 1 amide bonds. The minimum absolute atomic E-state index is 0. The van der Waals surface area contributed by atoms with Crippen molar-refractivity contribution < 1.29 is 13.2 Å². The summed E-state index contributed by atoms with van der Waals surface area (Å²) in [6, 6.07) is 14.9. The Bertz CT molecular complexity index is 1010. The number of sulfonamides is 1. The maximum atomic E-state index is 12.5. The minimum Gasteiger partial charge on any atom is -0.353 e. The van der Waals surface area contributed by atoms with Crippen molar-refractivity contribution in [1.82, 2.24) is 5.32 Å². The summed E-state index contributed by atoms with van der Waals surface area (Å²) in [6.07, 6.45) is 4.79. The topological polar surface area (TPSA) is 101 Å². The molecule has 6 nitrogen and oxygen atoms in total. The van der Waals surface area contributed by atoms with Crippen LogP contribution in [0.1, 0.15) is 36.8 Å².